The number of piperidine rings is 3. The fourth-order valence-electron chi connectivity index (χ4n) is 18.3. The molecule has 11 nitrogen and oxygen atoms in total. The molecule has 5 aromatic carbocycles. The molecule has 0 aromatic heterocycles. The zero-order chi connectivity index (χ0) is 69.1. The van der Waals surface area contributed by atoms with Gasteiger partial charge in [-0.2, -0.15) is 0 Å². The first-order valence-corrected chi connectivity index (χ1v) is 37.3. The van der Waals surface area contributed by atoms with E-state index in [9.17, 15) is 4.79 Å². The largest absolute Gasteiger partial charge is 0.380 e. The van der Waals surface area contributed by atoms with Gasteiger partial charge in [0, 0.05) is 149 Å². The predicted octanol–water partition coefficient (Wildman–Crippen LogP) is 17.1. The summed E-state index contributed by atoms with van der Waals surface area (Å²) in [5, 5.41) is 3.50. The molecule has 2 unspecified atom stereocenters. The summed E-state index contributed by atoms with van der Waals surface area (Å²) in [6.07, 6.45) is 10.8. The summed E-state index contributed by atoms with van der Waals surface area (Å²) >= 11 is 0. The molecule has 11 heteroatoms. The van der Waals surface area contributed by atoms with Crippen LogP contribution in [0.15, 0.2) is 121 Å². The van der Waals surface area contributed by atoms with Crippen LogP contribution in [0.2, 0.25) is 0 Å². The van der Waals surface area contributed by atoms with Crippen molar-refractivity contribution in [1.82, 2.24) is 15.1 Å². The Kier molecular flexibility index (Phi) is 20.0. The van der Waals surface area contributed by atoms with Crippen molar-refractivity contribution in [3.05, 3.63) is 149 Å². The zero-order valence-electron chi connectivity index (χ0n) is 63.4. The number of anilines is 5. The van der Waals surface area contributed by atoms with E-state index >= 15 is 0 Å². The van der Waals surface area contributed by atoms with Gasteiger partial charge in [0.2, 0.25) is 5.91 Å². The van der Waals surface area contributed by atoms with Crippen molar-refractivity contribution >= 4 is 34.3 Å². The van der Waals surface area contributed by atoms with Crippen molar-refractivity contribution in [1.29, 1.82) is 0 Å². The second-order valence-corrected chi connectivity index (χ2v) is 36.8. The fraction of sp³-hybridized carbons (Fsp3) is 0.635. The van der Waals surface area contributed by atoms with Gasteiger partial charge in [0.25, 0.3) is 0 Å². The maximum Gasteiger partial charge on any atom is 0.219 e. The number of carbonyl (C=O) groups is 1. The van der Waals surface area contributed by atoms with Crippen LogP contribution in [-0.2, 0) is 41.5 Å². The molecule has 5 saturated heterocycles. The third-order valence-electron chi connectivity index (χ3n) is 23.5. The average molecular weight is 1310 g/mol. The lowest BCUT2D eigenvalue weighted by atomic mass is 9.74. The molecule has 10 heterocycles. The number of likely N-dealkylation sites (tertiary alicyclic amines) is 2. The van der Waals surface area contributed by atoms with Crippen LogP contribution < -0.4 is 29.8 Å². The monoisotopic (exact) mass is 1310 g/mol. The number of benzene rings is 5. The van der Waals surface area contributed by atoms with E-state index in [-0.39, 0.29) is 50.0 Å². The number of fused-ring (bicyclic) bond motifs is 10. The summed E-state index contributed by atoms with van der Waals surface area (Å²) in [5.41, 5.74) is 17.2. The first kappa shape index (κ1) is 71.7. The fourth-order valence-corrected chi connectivity index (χ4v) is 18.3. The Labute approximate surface area is 582 Å². The van der Waals surface area contributed by atoms with Crippen molar-refractivity contribution in [2.24, 2.45) is 5.41 Å². The van der Waals surface area contributed by atoms with E-state index in [1.807, 2.05) is 4.90 Å². The Bertz CT molecular complexity index is 3380. The van der Waals surface area contributed by atoms with Gasteiger partial charge in [-0.15, -0.1) is 0 Å². The maximum absolute atomic E-state index is 11.6. The average Bonchev–Trinajstić information content (AvgIpc) is 1.63. The predicted molar refractivity (Wildman–Crippen MR) is 405 cm³/mol. The molecular formula is C85H126N8O3. The van der Waals surface area contributed by atoms with Gasteiger partial charge in [0.15, 0.2) is 0 Å². The van der Waals surface area contributed by atoms with Gasteiger partial charge >= 0.3 is 0 Å². The van der Waals surface area contributed by atoms with Crippen LogP contribution in [-0.4, -0.2) is 142 Å². The van der Waals surface area contributed by atoms with Crippen LogP contribution in [0.3, 0.4) is 0 Å². The standard InChI is InChI=1S/C21H34N2.C18H26N2O.C16H24N2.2C15H21NO/c1-19(2,3)15-22-13-11-21(12-14-22)16-23(20(4,5)6)18-10-8-7-9-17(18)21;1-14(21)19-11-9-18(10-12-19)13-20(17(2,3)4)16-8-6-5-7-15(16)18;1-15(2,3)18-12-16(8-10-17-11-9-16)13-6-4-5-7-14(13)18;1-14(2,3)16-11-15(9-6-10-17-15)12-7-4-5-8-13(12)16;1-14(2,3)16-10-15(8-9-17-11-15)12-6-4-5-7-13(12)16/h7-10H,11-16H2,1-6H3;5-8H,9-13H2,1-4H3;4-7,17H,8-12H2,1-3H3;4-5,7-8H,6,9-11H2,1-3H3;4-7H,8-11H2,1-3H3. The summed E-state index contributed by atoms with van der Waals surface area (Å²) in [7, 11) is 0. The zero-order valence-corrected chi connectivity index (χ0v) is 63.4. The molecule has 10 aliphatic heterocycles. The molecule has 2 atom stereocenters. The molecule has 5 spiro atoms. The lowest BCUT2D eigenvalue weighted by Gasteiger charge is -2.43. The Balaban J connectivity index is 0.000000122. The maximum atomic E-state index is 11.6. The molecule has 1 amide bonds. The Morgan fingerprint density at radius 2 is 0.729 bits per heavy atom. The van der Waals surface area contributed by atoms with E-state index in [1.54, 1.807) is 18.1 Å². The summed E-state index contributed by atoms with van der Waals surface area (Å²) in [4.78, 5) is 29.1. The third-order valence-corrected chi connectivity index (χ3v) is 23.5. The highest BCUT2D eigenvalue weighted by Crippen LogP contribution is 2.54. The van der Waals surface area contributed by atoms with Crippen LogP contribution in [0.4, 0.5) is 28.4 Å². The molecule has 0 saturated carbocycles. The lowest BCUT2D eigenvalue weighted by molar-refractivity contribution is -0.130. The molecule has 96 heavy (non-hydrogen) atoms. The first-order valence-electron chi connectivity index (χ1n) is 37.3. The summed E-state index contributed by atoms with van der Waals surface area (Å²) in [6, 6.07) is 44.6. The molecule has 0 bridgehead atoms. The van der Waals surface area contributed by atoms with E-state index in [0.717, 1.165) is 91.3 Å². The number of ether oxygens (including phenoxy) is 2. The number of hydrogen-bond acceptors (Lipinski definition) is 10. The van der Waals surface area contributed by atoms with Gasteiger partial charge in [-0.05, 0) is 246 Å². The van der Waals surface area contributed by atoms with E-state index in [0.29, 0.717) is 16.2 Å². The van der Waals surface area contributed by atoms with Gasteiger partial charge < -0.3 is 49.1 Å². The van der Waals surface area contributed by atoms with Crippen LogP contribution in [0.25, 0.3) is 0 Å². The number of amides is 1. The molecule has 0 aliphatic carbocycles. The van der Waals surface area contributed by atoms with E-state index in [1.165, 1.54) is 110 Å². The number of hydrogen-bond donors (Lipinski definition) is 1. The molecule has 5 fully saturated rings. The number of rotatable bonds is 1. The summed E-state index contributed by atoms with van der Waals surface area (Å²) in [6.45, 7) is 59.4. The van der Waals surface area contributed by atoms with Gasteiger partial charge in [-0.1, -0.05) is 112 Å². The van der Waals surface area contributed by atoms with Crippen molar-refractivity contribution in [2.75, 3.05) is 123 Å². The van der Waals surface area contributed by atoms with E-state index < -0.39 is 0 Å². The molecule has 15 rings (SSSR count). The van der Waals surface area contributed by atoms with Crippen molar-refractivity contribution in [2.45, 2.75) is 244 Å². The van der Waals surface area contributed by atoms with E-state index in [2.05, 4.69) is 281 Å². The topological polar surface area (TPSA) is 70.2 Å². The Hall–Kier alpha value is -5.59. The normalized spacial score (nSPS) is 23.8. The lowest BCUT2D eigenvalue weighted by Crippen LogP contribution is -2.49. The molecule has 524 valence electrons. The second kappa shape index (κ2) is 26.8. The van der Waals surface area contributed by atoms with Crippen LogP contribution in [0.5, 0.6) is 0 Å². The van der Waals surface area contributed by atoms with Crippen LogP contribution >= 0.6 is 0 Å². The van der Waals surface area contributed by atoms with Crippen molar-refractivity contribution in [3.8, 4) is 0 Å². The first-order chi connectivity index (χ1) is 45.0. The Morgan fingerprint density at radius 1 is 0.396 bits per heavy atom. The van der Waals surface area contributed by atoms with E-state index in [4.69, 9.17) is 9.47 Å². The number of nitrogens with one attached hydrogen (secondary N) is 1. The van der Waals surface area contributed by atoms with Crippen molar-refractivity contribution in [3.63, 3.8) is 0 Å². The summed E-state index contributed by atoms with van der Waals surface area (Å²) < 4.78 is 11.8. The molecule has 0 radical (unpaired) electrons. The minimum absolute atomic E-state index is 0.0239. The highest BCUT2D eigenvalue weighted by atomic mass is 16.5. The highest BCUT2D eigenvalue weighted by molar-refractivity contribution is 5.74. The van der Waals surface area contributed by atoms with Gasteiger partial charge in [0.05, 0.1) is 13.2 Å². The third kappa shape index (κ3) is 14.6. The molecule has 10 aliphatic rings. The SMILES string of the molecule is CC(=O)N1CCC2(CC1)CN(C(C)(C)C)c1ccccc12.CC(C)(C)CN1CCC2(CC1)CN(C(C)(C)C)c1ccccc12.CC(C)(C)N1CC2(CCCO2)c2ccccc21.CC(C)(C)N1CC2(CCNCC2)c2ccccc21.CC(C)(C)N1CC2(CCOC2)c2ccccc21. The number of para-hydroxylation sites is 5. The summed E-state index contributed by atoms with van der Waals surface area (Å²) in [5.74, 6) is 0.212. The smallest absolute Gasteiger partial charge is 0.219 e. The molecule has 5 aromatic rings. The Morgan fingerprint density at radius 3 is 1.07 bits per heavy atom. The van der Waals surface area contributed by atoms with Gasteiger partial charge in [0.1, 0.15) is 5.60 Å². The minimum atomic E-state index is -0.0239. The minimum Gasteiger partial charge on any atom is -0.380 e. The van der Waals surface area contributed by atoms with Crippen LogP contribution in [0, 0.1) is 5.41 Å². The molecule has 1 N–H and O–H groups in total. The van der Waals surface area contributed by atoms with Crippen LogP contribution in [0.1, 0.15) is 217 Å². The highest BCUT2D eigenvalue weighted by Gasteiger charge is 2.52. The van der Waals surface area contributed by atoms with Gasteiger partial charge in [-0.25, -0.2) is 0 Å². The number of nitrogens with zero attached hydrogens (tertiary/aromatic N) is 7. The van der Waals surface area contributed by atoms with Crippen molar-refractivity contribution < 1.29 is 14.3 Å². The number of carbonyl (C=O) groups excluding carboxylic acids is 1. The molecular weight excluding hydrogens is 1180 g/mol. The van der Waals surface area contributed by atoms with Gasteiger partial charge in [-0.3, -0.25) is 4.79 Å². The quantitative estimate of drug-likeness (QED) is 0.176. The second-order valence-electron chi connectivity index (χ2n) is 36.8.